The van der Waals surface area contributed by atoms with Crippen LogP contribution in [0.15, 0.2) is 42.5 Å². The molecule has 0 aliphatic rings. The van der Waals surface area contributed by atoms with Crippen LogP contribution in [0, 0.1) is 13.8 Å². The van der Waals surface area contributed by atoms with Gasteiger partial charge in [0.15, 0.2) is 0 Å². The van der Waals surface area contributed by atoms with Crippen molar-refractivity contribution in [2.75, 3.05) is 5.32 Å². The molecule has 1 atom stereocenters. The molecule has 0 aliphatic carbocycles. The Morgan fingerprint density at radius 1 is 0.800 bits per heavy atom. The van der Waals surface area contributed by atoms with Crippen LogP contribution in [-0.2, 0) is 0 Å². The third-order valence-electron chi connectivity index (χ3n) is 3.68. The summed E-state index contributed by atoms with van der Waals surface area (Å²) in [6.07, 6.45) is 0. The monoisotopic (exact) mass is 267 g/mol. The van der Waals surface area contributed by atoms with Gasteiger partial charge in [-0.1, -0.05) is 55.3 Å². The Kier molecular flexibility index (Phi) is 4.49. The van der Waals surface area contributed by atoms with E-state index in [1.165, 1.54) is 27.9 Å². The second-order valence-corrected chi connectivity index (χ2v) is 6.07. The maximum absolute atomic E-state index is 3.61. The Hall–Kier alpha value is -1.76. The van der Waals surface area contributed by atoms with Crippen molar-refractivity contribution in [3.05, 3.63) is 64.7 Å². The zero-order valence-corrected chi connectivity index (χ0v) is 13.2. The van der Waals surface area contributed by atoms with Gasteiger partial charge in [0.1, 0.15) is 0 Å². The van der Waals surface area contributed by atoms with E-state index in [1.807, 2.05) is 0 Å². The molecule has 0 amide bonds. The van der Waals surface area contributed by atoms with E-state index in [2.05, 4.69) is 82.4 Å². The summed E-state index contributed by atoms with van der Waals surface area (Å²) in [6, 6.07) is 15.8. The van der Waals surface area contributed by atoms with E-state index in [4.69, 9.17) is 0 Å². The molecule has 1 N–H and O–H groups in total. The zero-order chi connectivity index (χ0) is 14.7. The first kappa shape index (κ1) is 14.6. The Bertz CT molecular complexity index is 564. The van der Waals surface area contributed by atoms with E-state index in [-0.39, 0.29) is 0 Å². The molecular weight excluding hydrogens is 242 g/mol. The van der Waals surface area contributed by atoms with Crippen molar-refractivity contribution < 1.29 is 0 Å². The largest absolute Gasteiger partial charge is 0.379 e. The second kappa shape index (κ2) is 6.13. The molecule has 20 heavy (non-hydrogen) atoms. The highest BCUT2D eigenvalue weighted by molar-refractivity contribution is 5.48. The van der Waals surface area contributed by atoms with Gasteiger partial charge >= 0.3 is 0 Å². The molecule has 1 nitrogen and oxygen atoms in total. The highest BCUT2D eigenvalue weighted by atomic mass is 14.9. The standard InChI is InChI=1S/C19H25N/c1-13(2)17-7-6-8-19(12-17)20-16(5)18-10-14(3)9-15(4)11-18/h6-13,16,20H,1-5H3. The van der Waals surface area contributed by atoms with Gasteiger partial charge in [0.2, 0.25) is 0 Å². The number of hydrogen-bond donors (Lipinski definition) is 1. The van der Waals surface area contributed by atoms with Gasteiger partial charge in [-0.2, -0.15) is 0 Å². The van der Waals surface area contributed by atoms with Crippen LogP contribution < -0.4 is 5.32 Å². The molecule has 2 aromatic rings. The second-order valence-electron chi connectivity index (χ2n) is 6.07. The van der Waals surface area contributed by atoms with Gasteiger partial charge in [0.05, 0.1) is 0 Å². The number of anilines is 1. The molecule has 0 saturated heterocycles. The quantitative estimate of drug-likeness (QED) is 0.760. The Morgan fingerprint density at radius 3 is 2.05 bits per heavy atom. The highest BCUT2D eigenvalue weighted by Crippen LogP contribution is 2.24. The van der Waals surface area contributed by atoms with Crippen LogP contribution in [0.4, 0.5) is 5.69 Å². The van der Waals surface area contributed by atoms with Gasteiger partial charge in [-0.15, -0.1) is 0 Å². The van der Waals surface area contributed by atoms with Crippen LogP contribution in [0.5, 0.6) is 0 Å². The fourth-order valence-corrected chi connectivity index (χ4v) is 2.58. The first-order valence-corrected chi connectivity index (χ1v) is 7.40. The lowest BCUT2D eigenvalue weighted by molar-refractivity contribution is 0.857. The van der Waals surface area contributed by atoms with Gasteiger partial charge in [-0.05, 0) is 49.9 Å². The van der Waals surface area contributed by atoms with Crippen molar-refractivity contribution in [1.29, 1.82) is 0 Å². The summed E-state index contributed by atoms with van der Waals surface area (Å²) in [7, 11) is 0. The van der Waals surface area contributed by atoms with Gasteiger partial charge in [-0.25, -0.2) is 0 Å². The van der Waals surface area contributed by atoms with E-state index < -0.39 is 0 Å². The molecule has 0 fully saturated rings. The molecule has 0 radical (unpaired) electrons. The summed E-state index contributed by atoms with van der Waals surface area (Å²) in [5.74, 6) is 0.563. The number of hydrogen-bond acceptors (Lipinski definition) is 1. The Morgan fingerprint density at radius 2 is 1.45 bits per heavy atom. The molecule has 1 heteroatoms. The van der Waals surface area contributed by atoms with Crippen LogP contribution in [0.3, 0.4) is 0 Å². The minimum absolute atomic E-state index is 0.316. The average molecular weight is 267 g/mol. The lowest BCUT2D eigenvalue weighted by Gasteiger charge is -2.18. The summed E-state index contributed by atoms with van der Waals surface area (Å²) < 4.78 is 0. The normalized spacial score (nSPS) is 12.5. The Balaban J connectivity index is 2.18. The summed E-state index contributed by atoms with van der Waals surface area (Å²) in [5, 5.41) is 3.61. The summed E-state index contributed by atoms with van der Waals surface area (Å²) in [4.78, 5) is 0. The molecule has 106 valence electrons. The summed E-state index contributed by atoms with van der Waals surface area (Å²) in [6.45, 7) is 11.0. The van der Waals surface area contributed by atoms with Crippen LogP contribution in [0.1, 0.15) is 55.0 Å². The first-order valence-electron chi connectivity index (χ1n) is 7.40. The maximum atomic E-state index is 3.61. The number of nitrogens with one attached hydrogen (secondary N) is 1. The molecule has 2 aromatic carbocycles. The average Bonchev–Trinajstić information content (AvgIpc) is 2.37. The predicted molar refractivity (Wildman–Crippen MR) is 88.5 cm³/mol. The van der Waals surface area contributed by atoms with Crippen molar-refractivity contribution in [3.63, 3.8) is 0 Å². The van der Waals surface area contributed by atoms with Gasteiger partial charge < -0.3 is 5.32 Å². The number of rotatable bonds is 4. The van der Waals surface area contributed by atoms with Crippen molar-refractivity contribution in [3.8, 4) is 0 Å². The van der Waals surface area contributed by atoms with E-state index in [9.17, 15) is 0 Å². The number of aryl methyl sites for hydroxylation is 2. The van der Waals surface area contributed by atoms with E-state index in [0.29, 0.717) is 12.0 Å². The fourth-order valence-electron chi connectivity index (χ4n) is 2.58. The molecule has 0 aliphatic heterocycles. The van der Waals surface area contributed by atoms with E-state index in [1.54, 1.807) is 0 Å². The number of benzene rings is 2. The lowest BCUT2D eigenvalue weighted by Crippen LogP contribution is -2.07. The van der Waals surface area contributed by atoms with Crippen molar-refractivity contribution in [2.24, 2.45) is 0 Å². The topological polar surface area (TPSA) is 12.0 Å². The van der Waals surface area contributed by atoms with E-state index in [0.717, 1.165) is 0 Å². The minimum atomic E-state index is 0.316. The van der Waals surface area contributed by atoms with Gasteiger partial charge in [-0.3, -0.25) is 0 Å². The van der Waals surface area contributed by atoms with Crippen LogP contribution in [0.2, 0.25) is 0 Å². The molecular formula is C19H25N. The zero-order valence-electron chi connectivity index (χ0n) is 13.2. The third-order valence-corrected chi connectivity index (χ3v) is 3.68. The molecule has 0 aromatic heterocycles. The Labute approximate surface area is 123 Å². The molecule has 1 unspecified atom stereocenters. The molecule has 0 bridgehead atoms. The van der Waals surface area contributed by atoms with Crippen molar-refractivity contribution in [2.45, 2.75) is 46.6 Å². The SMILES string of the molecule is Cc1cc(C)cc(C(C)Nc2cccc(C(C)C)c2)c1. The van der Waals surface area contributed by atoms with Crippen LogP contribution in [-0.4, -0.2) is 0 Å². The van der Waals surface area contributed by atoms with Crippen molar-refractivity contribution in [1.82, 2.24) is 0 Å². The van der Waals surface area contributed by atoms with Crippen LogP contribution >= 0.6 is 0 Å². The van der Waals surface area contributed by atoms with Crippen LogP contribution in [0.25, 0.3) is 0 Å². The highest BCUT2D eigenvalue weighted by Gasteiger charge is 2.07. The minimum Gasteiger partial charge on any atom is -0.379 e. The summed E-state index contributed by atoms with van der Waals surface area (Å²) >= 11 is 0. The molecule has 0 heterocycles. The molecule has 0 saturated carbocycles. The third kappa shape index (κ3) is 3.63. The van der Waals surface area contributed by atoms with Gasteiger partial charge in [0, 0.05) is 11.7 Å². The van der Waals surface area contributed by atoms with Crippen molar-refractivity contribution >= 4 is 5.69 Å². The van der Waals surface area contributed by atoms with Gasteiger partial charge in [0.25, 0.3) is 0 Å². The molecule has 2 rings (SSSR count). The summed E-state index contributed by atoms with van der Waals surface area (Å²) in [5.41, 5.74) is 6.57. The predicted octanol–water partition coefficient (Wildman–Crippen LogP) is 5.60. The molecule has 0 spiro atoms. The fraction of sp³-hybridized carbons (Fsp3) is 0.368. The van der Waals surface area contributed by atoms with E-state index >= 15 is 0 Å². The smallest absolute Gasteiger partial charge is 0.0485 e. The lowest BCUT2D eigenvalue weighted by atomic mass is 10.0. The maximum Gasteiger partial charge on any atom is 0.0485 e. The first-order chi connectivity index (χ1) is 9.45.